The fourth-order valence-electron chi connectivity index (χ4n) is 0.489. The predicted octanol–water partition coefficient (Wildman–Crippen LogP) is -0.175. The minimum Gasteiger partial charge on any atom is -0.480 e. The SMILES string of the molecule is [3H][B]SOCC/C=C/C(N)C(=O)O. The lowest BCUT2D eigenvalue weighted by Crippen LogP contribution is -2.27. The van der Waals surface area contributed by atoms with Gasteiger partial charge in [0.1, 0.15) is 6.04 Å². The number of nitrogens with two attached hydrogens (primary N) is 1. The molecular weight excluding hydrogens is 177 g/mol. The van der Waals surface area contributed by atoms with Crippen molar-refractivity contribution >= 4 is 25.0 Å². The van der Waals surface area contributed by atoms with Gasteiger partial charge in [0.15, 0.2) is 0 Å². The maximum absolute atomic E-state index is 10.2. The molecule has 1 radical (unpaired) electrons. The number of aliphatic carboxylic acids is 1. The van der Waals surface area contributed by atoms with E-state index in [2.05, 4.69) is 0 Å². The van der Waals surface area contributed by atoms with Crippen LogP contribution in [-0.4, -0.2) is 32.1 Å². The van der Waals surface area contributed by atoms with Crippen molar-refractivity contribution in [1.82, 2.24) is 0 Å². The average Bonchev–Trinajstić information content (AvgIpc) is 2.10. The molecule has 0 aliphatic rings. The summed E-state index contributed by atoms with van der Waals surface area (Å²) in [7, 11) is 1.08. The molecule has 0 amide bonds. The van der Waals surface area contributed by atoms with Gasteiger partial charge in [-0.25, -0.2) is 0 Å². The molecule has 0 bridgehead atoms. The van der Waals surface area contributed by atoms with Gasteiger partial charge in [-0.05, 0) is 7.76 Å². The summed E-state index contributed by atoms with van der Waals surface area (Å²) in [5, 5.41) is 8.38. The Balaban J connectivity index is 3.35. The van der Waals surface area contributed by atoms with Crippen molar-refractivity contribution in [2.75, 3.05) is 6.61 Å². The van der Waals surface area contributed by atoms with E-state index in [0.717, 1.165) is 19.0 Å². The molecule has 0 aliphatic heterocycles. The van der Waals surface area contributed by atoms with Gasteiger partial charge in [-0.3, -0.25) is 4.79 Å². The number of rotatable bonds is 7. The fourth-order valence-corrected chi connectivity index (χ4v) is 0.682. The van der Waals surface area contributed by atoms with Crippen LogP contribution < -0.4 is 5.73 Å². The van der Waals surface area contributed by atoms with Crippen molar-refractivity contribution < 1.29 is 14.1 Å². The molecule has 0 aromatic rings. The van der Waals surface area contributed by atoms with Crippen molar-refractivity contribution in [3.05, 3.63) is 12.2 Å². The van der Waals surface area contributed by atoms with E-state index in [1.54, 1.807) is 6.08 Å². The van der Waals surface area contributed by atoms with Gasteiger partial charge in [0.25, 0.3) is 0 Å². The zero-order chi connectivity index (χ0) is 10.1. The van der Waals surface area contributed by atoms with Crippen molar-refractivity contribution in [3.8, 4) is 0 Å². The summed E-state index contributed by atoms with van der Waals surface area (Å²) < 4.78 is 11.5. The average molecular weight is 190 g/mol. The summed E-state index contributed by atoms with van der Waals surface area (Å²) in [5.41, 5.74) is 5.19. The maximum Gasteiger partial charge on any atom is 0.324 e. The molecular formula is C6H11BNO3S. The normalized spacial score (nSPS) is 14.2. The molecule has 67 valence electrons. The van der Waals surface area contributed by atoms with Crippen LogP contribution in [0.15, 0.2) is 12.2 Å². The van der Waals surface area contributed by atoms with Crippen LogP contribution in [-0.2, 0) is 8.98 Å². The highest BCUT2D eigenvalue weighted by Gasteiger charge is 2.04. The van der Waals surface area contributed by atoms with Crippen LogP contribution in [0, 0.1) is 0 Å². The van der Waals surface area contributed by atoms with E-state index >= 15 is 0 Å². The first-order valence-corrected chi connectivity index (χ1v) is 4.12. The molecule has 0 saturated carbocycles. The molecule has 0 aromatic heterocycles. The number of hydrogen-bond donors (Lipinski definition) is 2. The highest BCUT2D eigenvalue weighted by atomic mass is 32.2. The highest BCUT2D eigenvalue weighted by molar-refractivity contribution is 8.15. The van der Waals surface area contributed by atoms with Crippen LogP contribution in [0.5, 0.6) is 0 Å². The molecule has 0 saturated heterocycles. The van der Waals surface area contributed by atoms with Crippen LogP contribution in [0.1, 0.15) is 6.42 Å². The highest BCUT2D eigenvalue weighted by Crippen LogP contribution is 1.95. The van der Waals surface area contributed by atoms with E-state index in [1.165, 1.54) is 6.08 Å². The van der Waals surface area contributed by atoms with E-state index in [0.29, 0.717) is 13.0 Å². The molecule has 1 unspecified atom stereocenters. The third-order valence-electron chi connectivity index (χ3n) is 1.06. The number of carboxylic acids is 1. The zero-order valence-corrected chi connectivity index (χ0v) is 7.29. The second kappa shape index (κ2) is 7.21. The molecule has 0 spiro atoms. The van der Waals surface area contributed by atoms with Crippen LogP contribution in [0.4, 0.5) is 0 Å². The summed E-state index contributed by atoms with van der Waals surface area (Å²) >= 11 is 0.933. The minimum atomic E-state index is -1.05. The smallest absolute Gasteiger partial charge is 0.324 e. The Morgan fingerprint density at radius 1 is 2.00 bits per heavy atom. The van der Waals surface area contributed by atoms with Gasteiger partial charge in [-0.1, -0.05) is 24.0 Å². The van der Waals surface area contributed by atoms with Gasteiger partial charge in [0.05, 0.1) is 6.61 Å². The van der Waals surface area contributed by atoms with Gasteiger partial charge in [0.2, 0.25) is 7.09 Å². The van der Waals surface area contributed by atoms with Gasteiger partial charge >= 0.3 is 5.97 Å². The Morgan fingerprint density at radius 2 is 2.75 bits per heavy atom. The Morgan fingerprint density at radius 3 is 3.33 bits per heavy atom. The number of carbonyl (C=O) groups is 1. The van der Waals surface area contributed by atoms with Gasteiger partial charge in [-0.15, -0.1) is 0 Å². The van der Waals surface area contributed by atoms with E-state index in [4.69, 9.17) is 16.4 Å². The van der Waals surface area contributed by atoms with Crippen LogP contribution in [0.2, 0.25) is 0 Å². The molecule has 4 nitrogen and oxygen atoms in total. The van der Waals surface area contributed by atoms with E-state index in [9.17, 15) is 4.79 Å². The standard InChI is InChI=1S/C6H11BNO3S/c7-12-11-4-2-1-3-5(8)6(9)10/h1,3,5,7H,2,4,8H2,(H,9,10)/b3-1+/i7T. The molecule has 0 heterocycles. The molecule has 0 fully saturated rings. The Labute approximate surface area is 78.0 Å². The second-order valence-electron chi connectivity index (χ2n) is 2.00. The first kappa shape index (κ1) is 9.63. The lowest BCUT2D eigenvalue weighted by molar-refractivity contribution is -0.137. The van der Waals surface area contributed by atoms with Crippen molar-refractivity contribution in [1.29, 1.82) is 1.34 Å². The lowest BCUT2D eigenvalue weighted by Gasteiger charge is -1.98. The summed E-state index contributed by atoms with van der Waals surface area (Å²) in [6.45, 7) is 0.433. The zero-order valence-electron chi connectivity index (χ0n) is 7.47. The molecule has 12 heavy (non-hydrogen) atoms. The summed E-state index contributed by atoms with van der Waals surface area (Å²) in [5.74, 6) is -1.05. The monoisotopic (exact) mass is 190 g/mol. The molecule has 3 N–H and O–H groups in total. The third-order valence-corrected chi connectivity index (χ3v) is 1.37. The Bertz CT molecular complexity index is 181. The molecule has 0 aliphatic carbocycles. The Kier molecular flexibility index (Phi) is 5.79. The van der Waals surface area contributed by atoms with Gasteiger partial charge in [0, 0.05) is 0 Å². The predicted molar refractivity (Wildman–Crippen MR) is 50.1 cm³/mol. The van der Waals surface area contributed by atoms with Gasteiger partial charge in [-0.2, -0.15) is 0 Å². The van der Waals surface area contributed by atoms with Crippen LogP contribution >= 0.6 is 11.9 Å². The molecule has 0 rings (SSSR count). The second-order valence-corrected chi connectivity index (χ2v) is 2.43. The van der Waals surface area contributed by atoms with Gasteiger partial charge < -0.3 is 15.0 Å². The van der Waals surface area contributed by atoms with E-state index < -0.39 is 12.0 Å². The summed E-state index contributed by atoms with van der Waals surface area (Å²) in [4.78, 5) is 10.2. The largest absolute Gasteiger partial charge is 0.480 e. The van der Waals surface area contributed by atoms with Crippen molar-refractivity contribution in [2.45, 2.75) is 12.5 Å². The van der Waals surface area contributed by atoms with Crippen molar-refractivity contribution in [2.24, 2.45) is 5.73 Å². The third kappa shape index (κ3) is 6.27. The minimum absolute atomic E-state index is 0.433. The molecule has 0 aromatic carbocycles. The fraction of sp³-hybridized carbons (Fsp3) is 0.500. The van der Waals surface area contributed by atoms with Crippen molar-refractivity contribution in [3.63, 3.8) is 0 Å². The summed E-state index contributed by atoms with van der Waals surface area (Å²) in [6.07, 6.45) is 3.63. The first-order valence-electron chi connectivity index (χ1n) is 3.89. The summed E-state index contributed by atoms with van der Waals surface area (Å²) in [6, 6.07) is -0.949. The molecule has 6 heteroatoms. The van der Waals surface area contributed by atoms with E-state index in [-0.39, 0.29) is 0 Å². The van der Waals surface area contributed by atoms with Crippen LogP contribution in [0.25, 0.3) is 0 Å². The number of carboxylic acid groups (broad SMARTS) is 1. The van der Waals surface area contributed by atoms with E-state index in [1.807, 2.05) is 0 Å². The van der Waals surface area contributed by atoms with Crippen LogP contribution in [0.3, 0.4) is 0 Å². The number of hydrogen-bond acceptors (Lipinski definition) is 4. The lowest BCUT2D eigenvalue weighted by atomic mass is 10.2. The molecule has 1 atom stereocenters. The Hall–Kier alpha value is -0.455. The maximum atomic E-state index is 10.2. The topological polar surface area (TPSA) is 72.5 Å². The quantitative estimate of drug-likeness (QED) is 0.252. The first-order chi connectivity index (χ1) is 6.18.